The van der Waals surface area contributed by atoms with Crippen LogP contribution in [-0.2, 0) is 6.54 Å². The lowest BCUT2D eigenvalue weighted by atomic mass is 10.2. The van der Waals surface area contributed by atoms with Gasteiger partial charge in [-0.3, -0.25) is 0 Å². The smallest absolute Gasteiger partial charge is 0.201 e. The Bertz CT molecular complexity index is 590. The van der Waals surface area contributed by atoms with Gasteiger partial charge in [0.1, 0.15) is 5.75 Å². The molecule has 100 valence electrons. The van der Waals surface area contributed by atoms with Crippen molar-refractivity contribution in [3.05, 3.63) is 58.6 Å². The van der Waals surface area contributed by atoms with Gasteiger partial charge in [0.2, 0.25) is 5.82 Å². The fourth-order valence-corrected chi connectivity index (χ4v) is 1.85. The summed E-state index contributed by atoms with van der Waals surface area (Å²) in [6.07, 6.45) is 0. The molecule has 19 heavy (non-hydrogen) atoms. The Morgan fingerprint density at radius 3 is 2.68 bits per heavy atom. The minimum atomic E-state index is -1.02. The van der Waals surface area contributed by atoms with Gasteiger partial charge >= 0.3 is 0 Å². The van der Waals surface area contributed by atoms with Crippen LogP contribution in [-0.4, -0.2) is 7.05 Å². The van der Waals surface area contributed by atoms with Crippen molar-refractivity contribution in [3.63, 3.8) is 0 Å². The number of hydrogen-bond acceptors (Lipinski definition) is 2. The molecule has 0 atom stereocenters. The van der Waals surface area contributed by atoms with Crippen molar-refractivity contribution in [1.82, 2.24) is 5.32 Å². The van der Waals surface area contributed by atoms with Crippen LogP contribution in [0.3, 0.4) is 0 Å². The third kappa shape index (κ3) is 3.22. The van der Waals surface area contributed by atoms with Gasteiger partial charge in [-0.25, -0.2) is 4.39 Å². The van der Waals surface area contributed by atoms with Crippen molar-refractivity contribution in [2.75, 3.05) is 7.05 Å². The minimum absolute atomic E-state index is 0.169. The summed E-state index contributed by atoms with van der Waals surface area (Å²) in [6, 6.07) is 8.76. The van der Waals surface area contributed by atoms with E-state index in [2.05, 4.69) is 5.32 Å². The van der Waals surface area contributed by atoms with Gasteiger partial charge in [-0.2, -0.15) is 4.39 Å². The number of nitrogens with one attached hydrogen (secondary N) is 1. The van der Waals surface area contributed by atoms with Gasteiger partial charge in [0, 0.05) is 11.6 Å². The van der Waals surface area contributed by atoms with Crippen molar-refractivity contribution < 1.29 is 13.5 Å². The van der Waals surface area contributed by atoms with Crippen LogP contribution in [0.1, 0.15) is 5.56 Å². The first-order chi connectivity index (χ1) is 9.11. The molecular formula is C14H12ClF2NO. The molecule has 0 spiro atoms. The molecule has 0 bridgehead atoms. The lowest BCUT2D eigenvalue weighted by Gasteiger charge is -2.09. The van der Waals surface area contributed by atoms with Crippen LogP contribution in [0, 0.1) is 11.6 Å². The molecule has 0 unspecified atom stereocenters. The molecule has 0 aliphatic carbocycles. The maximum atomic E-state index is 13.4. The van der Waals surface area contributed by atoms with E-state index in [9.17, 15) is 8.78 Å². The first-order valence-corrected chi connectivity index (χ1v) is 6.04. The lowest BCUT2D eigenvalue weighted by molar-refractivity contribution is 0.416. The predicted octanol–water partition coefficient (Wildman–Crippen LogP) is 4.13. The second kappa shape index (κ2) is 5.99. The van der Waals surface area contributed by atoms with Crippen molar-refractivity contribution in [2.45, 2.75) is 6.54 Å². The van der Waals surface area contributed by atoms with Crippen LogP contribution in [0.2, 0.25) is 5.02 Å². The van der Waals surface area contributed by atoms with E-state index in [0.29, 0.717) is 17.3 Å². The van der Waals surface area contributed by atoms with Gasteiger partial charge < -0.3 is 10.1 Å². The van der Waals surface area contributed by atoms with Gasteiger partial charge in [-0.1, -0.05) is 23.7 Å². The summed E-state index contributed by atoms with van der Waals surface area (Å²) in [7, 11) is 1.81. The van der Waals surface area contributed by atoms with E-state index < -0.39 is 11.6 Å². The zero-order valence-electron chi connectivity index (χ0n) is 10.2. The highest BCUT2D eigenvalue weighted by atomic mass is 35.5. The van der Waals surface area contributed by atoms with Crippen molar-refractivity contribution in [2.24, 2.45) is 0 Å². The van der Waals surface area contributed by atoms with E-state index in [-0.39, 0.29) is 5.75 Å². The molecular weight excluding hydrogens is 272 g/mol. The Balaban J connectivity index is 2.24. The Labute approximate surface area is 115 Å². The molecule has 2 rings (SSSR count). The Morgan fingerprint density at radius 2 is 2.00 bits per heavy atom. The predicted molar refractivity (Wildman–Crippen MR) is 70.6 cm³/mol. The summed E-state index contributed by atoms with van der Waals surface area (Å²) in [4.78, 5) is 0. The quantitative estimate of drug-likeness (QED) is 0.911. The van der Waals surface area contributed by atoms with E-state index in [1.165, 1.54) is 12.1 Å². The van der Waals surface area contributed by atoms with Crippen LogP contribution in [0.15, 0.2) is 36.4 Å². The monoisotopic (exact) mass is 283 g/mol. The SMILES string of the molecule is CNCc1ccc(Oc2cccc(F)c2F)cc1Cl. The molecule has 2 aromatic carbocycles. The average Bonchev–Trinajstić information content (AvgIpc) is 2.38. The second-order valence-corrected chi connectivity index (χ2v) is 4.34. The fourth-order valence-electron chi connectivity index (χ4n) is 1.62. The van der Waals surface area contributed by atoms with Crippen LogP contribution in [0.25, 0.3) is 0 Å². The van der Waals surface area contributed by atoms with Gasteiger partial charge in [-0.15, -0.1) is 0 Å². The maximum absolute atomic E-state index is 13.4. The Hall–Kier alpha value is -1.65. The molecule has 0 aliphatic rings. The van der Waals surface area contributed by atoms with Gasteiger partial charge in [-0.05, 0) is 36.9 Å². The van der Waals surface area contributed by atoms with Crippen LogP contribution in [0.5, 0.6) is 11.5 Å². The highest BCUT2D eigenvalue weighted by molar-refractivity contribution is 6.31. The van der Waals surface area contributed by atoms with E-state index in [4.69, 9.17) is 16.3 Å². The first-order valence-electron chi connectivity index (χ1n) is 5.66. The molecule has 0 aliphatic heterocycles. The number of hydrogen-bond donors (Lipinski definition) is 1. The molecule has 2 aromatic rings. The molecule has 2 nitrogen and oxygen atoms in total. The fraction of sp³-hybridized carbons (Fsp3) is 0.143. The summed E-state index contributed by atoms with van der Waals surface area (Å²) in [5.41, 5.74) is 0.899. The number of rotatable bonds is 4. The average molecular weight is 284 g/mol. The second-order valence-electron chi connectivity index (χ2n) is 3.94. The molecule has 0 aromatic heterocycles. The molecule has 0 saturated carbocycles. The van der Waals surface area contributed by atoms with Crippen molar-refractivity contribution >= 4 is 11.6 Å². The molecule has 0 radical (unpaired) electrons. The zero-order valence-corrected chi connectivity index (χ0v) is 11.0. The van der Waals surface area contributed by atoms with Gasteiger partial charge in [0.25, 0.3) is 0 Å². The topological polar surface area (TPSA) is 21.3 Å². The van der Waals surface area contributed by atoms with Crippen molar-refractivity contribution in [1.29, 1.82) is 0 Å². The summed E-state index contributed by atoms with van der Waals surface area (Å²) in [5, 5.41) is 3.48. The Kier molecular flexibility index (Phi) is 4.35. The molecule has 5 heteroatoms. The molecule has 0 heterocycles. The van der Waals surface area contributed by atoms with Crippen molar-refractivity contribution in [3.8, 4) is 11.5 Å². The largest absolute Gasteiger partial charge is 0.454 e. The highest BCUT2D eigenvalue weighted by Crippen LogP contribution is 2.29. The third-order valence-electron chi connectivity index (χ3n) is 2.54. The summed E-state index contributed by atoms with van der Waals surface area (Å²) in [6.45, 7) is 0.618. The van der Waals surface area contributed by atoms with E-state index in [0.717, 1.165) is 11.6 Å². The molecule has 0 amide bonds. The first kappa shape index (κ1) is 13.8. The maximum Gasteiger partial charge on any atom is 0.201 e. The number of halogens is 3. The molecule has 0 saturated heterocycles. The summed E-state index contributed by atoms with van der Waals surface area (Å²) in [5.74, 6) is -1.78. The normalized spacial score (nSPS) is 10.5. The summed E-state index contributed by atoms with van der Waals surface area (Å²) < 4.78 is 31.8. The lowest BCUT2D eigenvalue weighted by Crippen LogP contribution is -2.05. The minimum Gasteiger partial charge on any atom is -0.454 e. The van der Waals surface area contributed by atoms with E-state index in [1.807, 2.05) is 7.05 Å². The molecule has 1 N–H and O–H groups in total. The third-order valence-corrected chi connectivity index (χ3v) is 2.89. The van der Waals surface area contributed by atoms with Gasteiger partial charge in [0.05, 0.1) is 0 Å². The van der Waals surface area contributed by atoms with Crippen LogP contribution < -0.4 is 10.1 Å². The van der Waals surface area contributed by atoms with E-state index in [1.54, 1.807) is 18.2 Å². The number of benzene rings is 2. The van der Waals surface area contributed by atoms with Crippen LogP contribution >= 0.6 is 11.6 Å². The van der Waals surface area contributed by atoms with Crippen LogP contribution in [0.4, 0.5) is 8.78 Å². The van der Waals surface area contributed by atoms with Gasteiger partial charge in [0.15, 0.2) is 11.6 Å². The number of ether oxygens (including phenoxy) is 1. The van der Waals surface area contributed by atoms with E-state index >= 15 is 0 Å². The summed E-state index contributed by atoms with van der Waals surface area (Å²) >= 11 is 6.06. The zero-order chi connectivity index (χ0) is 13.8. The Morgan fingerprint density at radius 1 is 1.21 bits per heavy atom. The highest BCUT2D eigenvalue weighted by Gasteiger charge is 2.10. The molecule has 0 fully saturated rings. The standard InChI is InChI=1S/C14H12ClF2NO/c1-18-8-9-5-6-10(7-11(9)15)19-13-4-2-3-12(16)14(13)17/h2-7,18H,8H2,1H3.